The lowest BCUT2D eigenvalue weighted by atomic mass is 9.99. The summed E-state index contributed by atoms with van der Waals surface area (Å²) in [5, 5.41) is 21.5. The van der Waals surface area contributed by atoms with Gasteiger partial charge in [0.05, 0.1) is 11.6 Å². The van der Waals surface area contributed by atoms with Gasteiger partial charge in [0.2, 0.25) is 0 Å². The zero-order valence-corrected chi connectivity index (χ0v) is 11.7. The van der Waals surface area contributed by atoms with Gasteiger partial charge in [0.15, 0.2) is 0 Å². The lowest BCUT2D eigenvalue weighted by Gasteiger charge is -2.35. The van der Waals surface area contributed by atoms with Crippen LogP contribution < -0.4 is 5.32 Å². The van der Waals surface area contributed by atoms with Gasteiger partial charge >= 0.3 is 0 Å². The van der Waals surface area contributed by atoms with E-state index in [1.54, 1.807) is 0 Å². The zero-order chi connectivity index (χ0) is 12.8. The maximum Gasteiger partial charge on any atom is 0.0991 e. The Morgan fingerprint density at radius 2 is 2.11 bits per heavy atom. The maximum atomic E-state index is 9.25. The highest BCUT2D eigenvalue weighted by Crippen LogP contribution is 2.25. The van der Waals surface area contributed by atoms with E-state index >= 15 is 0 Å². The first-order valence-electron chi connectivity index (χ1n) is 6.41. The van der Waals surface area contributed by atoms with Crippen LogP contribution in [0.15, 0.2) is 24.3 Å². The summed E-state index contributed by atoms with van der Waals surface area (Å²) in [5.74, 6) is 0. The summed E-state index contributed by atoms with van der Waals surface area (Å²) in [6, 6.07) is 10.1. The summed E-state index contributed by atoms with van der Waals surface area (Å²) in [5.41, 5.74) is 1.82. The Bertz CT molecular complexity index is 427. The third kappa shape index (κ3) is 4.19. The lowest BCUT2D eigenvalue weighted by molar-refractivity contribution is 0.141. The Balaban J connectivity index is 0.00000180. The molecule has 0 bridgehead atoms. The van der Waals surface area contributed by atoms with Gasteiger partial charge in [0, 0.05) is 38.8 Å². The fraction of sp³-hybridized carbons (Fsp3) is 0.500. The molecule has 1 atom stereocenters. The summed E-state index contributed by atoms with van der Waals surface area (Å²) in [6.07, 6.45) is 0.717. The van der Waals surface area contributed by atoms with Gasteiger partial charge in [-0.3, -0.25) is 4.90 Å². The Kier molecular flexibility index (Phi) is 6.82. The smallest absolute Gasteiger partial charge is 0.0991 e. The van der Waals surface area contributed by atoms with E-state index in [1.807, 2.05) is 24.3 Å². The van der Waals surface area contributed by atoms with E-state index in [0.717, 1.165) is 38.2 Å². The molecule has 2 rings (SSSR count). The maximum absolute atomic E-state index is 9.25. The van der Waals surface area contributed by atoms with Gasteiger partial charge in [0.1, 0.15) is 0 Å². The van der Waals surface area contributed by atoms with Crippen LogP contribution in [0.1, 0.15) is 23.6 Å². The molecule has 0 saturated carbocycles. The van der Waals surface area contributed by atoms with Crippen molar-refractivity contribution in [1.29, 1.82) is 5.26 Å². The number of aliphatic hydroxyl groups is 1. The van der Waals surface area contributed by atoms with E-state index in [1.165, 1.54) is 0 Å². The molecule has 2 N–H and O–H groups in total. The predicted octanol–water partition coefficient (Wildman–Crippen LogP) is 1.31. The Hall–Kier alpha value is -1.12. The number of nitrogens with one attached hydrogen (secondary N) is 1. The summed E-state index contributed by atoms with van der Waals surface area (Å²) >= 11 is 0. The molecule has 19 heavy (non-hydrogen) atoms. The predicted molar refractivity (Wildman–Crippen MR) is 77.3 cm³/mol. The van der Waals surface area contributed by atoms with Crippen LogP contribution >= 0.6 is 12.4 Å². The topological polar surface area (TPSA) is 59.3 Å². The van der Waals surface area contributed by atoms with E-state index < -0.39 is 0 Å². The number of hydrogen-bond acceptors (Lipinski definition) is 4. The molecule has 1 aromatic rings. The molecule has 5 heteroatoms. The van der Waals surface area contributed by atoms with E-state index in [9.17, 15) is 5.11 Å². The van der Waals surface area contributed by atoms with E-state index in [-0.39, 0.29) is 25.1 Å². The Morgan fingerprint density at radius 1 is 1.37 bits per heavy atom. The van der Waals surface area contributed by atoms with Crippen molar-refractivity contribution in [3.63, 3.8) is 0 Å². The number of aliphatic hydroxyl groups excluding tert-OH is 1. The summed E-state index contributed by atoms with van der Waals surface area (Å²) < 4.78 is 0. The summed E-state index contributed by atoms with van der Waals surface area (Å²) in [6.45, 7) is 4.12. The van der Waals surface area contributed by atoms with Gasteiger partial charge in [0.25, 0.3) is 0 Å². The molecular weight excluding hydrogens is 262 g/mol. The number of rotatable bonds is 4. The highest BCUT2D eigenvalue weighted by molar-refractivity contribution is 5.85. The van der Waals surface area contributed by atoms with Crippen LogP contribution in [0, 0.1) is 11.3 Å². The molecule has 1 aliphatic rings. The van der Waals surface area contributed by atoms with Crippen molar-refractivity contribution in [3.05, 3.63) is 35.4 Å². The van der Waals surface area contributed by atoms with E-state index in [0.29, 0.717) is 5.56 Å². The third-order valence-corrected chi connectivity index (χ3v) is 3.40. The first-order valence-corrected chi connectivity index (χ1v) is 6.41. The van der Waals surface area contributed by atoms with Crippen LogP contribution in [0.25, 0.3) is 0 Å². The summed E-state index contributed by atoms with van der Waals surface area (Å²) in [7, 11) is 0. The number of nitrogens with zero attached hydrogens (tertiary/aromatic N) is 2. The average molecular weight is 282 g/mol. The number of halogens is 1. The number of hydrogen-bond donors (Lipinski definition) is 2. The minimum absolute atomic E-state index is 0. The Labute approximate surface area is 120 Å². The first-order chi connectivity index (χ1) is 8.85. The normalized spacial score (nSPS) is 17.3. The van der Waals surface area contributed by atoms with E-state index in [2.05, 4.69) is 16.3 Å². The van der Waals surface area contributed by atoms with Crippen molar-refractivity contribution < 1.29 is 5.11 Å². The van der Waals surface area contributed by atoms with Crippen molar-refractivity contribution in [2.24, 2.45) is 0 Å². The van der Waals surface area contributed by atoms with Crippen LogP contribution in [0.5, 0.6) is 0 Å². The molecule has 0 spiro atoms. The Morgan fingerprint density at radius 3 is 2.74 bits per heavy atom. The monoisotopic (exact) mass is 281 g/mol. The van der Waals surface area contributed by atoms with Crippen LogP contribution in [0.3, 0.4) is 0 Å². The van der Waals surface area contributed by atoms with Crippen molar-refractivity contribution in [3.8, 4) is 6.07 Å². The molecule has 0 aromatic heterocycles. The molecule has 1 fully saturated rings. The molecule has 1 aromatic carbocycles. The minimum Gasteiger partial charge on any atom is -0.396 e. The van der Waals surface area contributed by atoms with Crippen LogP contribution in [0.4, 0.5) is 0 Å². The highest BCUT2D eigenvalue weighted by atomic mass is 35.5. The highest BCUT2D eigenvalue weighted by Gasteiger charge is 2.21. The molecule has 0 radical (unpaired) electrons. The lowest BCUT2D eigenvalue weighted by Crippen LogP contribution is -2.45. The first kappa shape index (κ1) is 15.9. The molecule has 1 saturated heterocycles. The van der Waals surface area contributed by atoms with Crippen LogP contribution in [-0.4, -0.2) is 42.8 Å². The molecule has 1 aliphatic heterocycles. The number of benzene rings is 1. The molecular formula is C14H20ClN3O. The largest absolute Gasteiger partial charge is 0.396 e. The quantitative estimate of drug-likeness (QED) is 0.874. The molecule has 0 aliphatic carbocycles. The second kappa shape index (κ2) is 8.13. The number of nitriles is 1. The third-order valence-electron chi connectivity index (χ3n) is 3.40. The number of piperazine rings is 1. The van der Waals surface area contributed by atoms with Crippen LogP contribution in [0.2, 0.25) is 0 Å². The van der Waals surface area contributed by atoms with Crippen LogP contribution in [-0.2, 0) is 0 Å². The van der Waals surface area contributed by atoms with Gasteiger partial charge in [-0.05, 0) is 24.1 Å². The second-order valence-corrected chi connectivity index (χ2v) is 4.55. The molecule has 1 heterocycles. The van der Waals surface area contributed by atoms with Crippen molar-refractivity contribution in [2.45, 2.75) is 12.5 Å². The molecule has 4 nitrogen and oxygen atoms in total. The van der Waals surface area contributed by atoms with Gasteiger partial charge in [-0.15, -0.1) is 12.4 Å². The van der Waals surface area contributed by atoms with Crippen molar-refractivity contribution in [1.82, 2.24) is 10.2 Å². The van der Waals surface area contributed by atoms with Gasteiger partial charge in [-0.25, -0.2) is 0 Å². The summed E-state index contributed by atoms with van der Waals surface area (Å²) in [4.78, 5) is 2.38. The second-order valence-electron chi connectivity index (χ2n) is 4.55. The van der Waals surface area contributed by atoms with Gasteiger partial charge in [-0.1, -0.05) is 12.1 Å². The van der Waals surface area contributed by atoms with E-state index in [4.69, 9.17) is 5.26 Å². The zero-order valence-electron chi connectivity index (χ0n) is 10.9. The molecule has 104 valence electrons. The SMILES string of the molecule is Cl.N#Cc1cccc([C@@H](CCO)N2CCNCC2)c1. The van der Waals surface area contributed by atoms with Crippen molar-refractivity contribution >= 4 is 12.4 Å². The molecule has 0 amide bonds. The fourth-order valence-corrected chi connectivity index (χ4v) is 2.49. The molecule has 0 unspecified atom stereocenters. The van der Waals surface area contributed by atoms with Crippen molar-refractivity contribution in [2.75, 3.05) is 32.8 Å². The standard InChI is InChI=1S/C14H19N3O.ClH/c15-11-12-2-1-3-13(10-12)14(4-9-18)17-7-5-16-6-8-17;/h1-3,10,14,16,18H,4-9H2;1H/t14-;/m1./s1. The average Bonchev–Trinajstić information content (AvgIpc) is 2.46. The minimum atomic E-state index is 0. The fourth-order valence-electron chi connectivity index (χ4n) is 2.49. The van der Waals surface area contributed by atoms with Gasteiger partial charge in [-0.2, -0.15) is 5.26 Å². The van der Waals surface area contributed by atoms with Gasteiger partial charge < -0.3 is 10.4 Å².